The van der Waals surface area contributed by atoms with Crippen molar-refractivity contribution in [3.63, 3.8) is 0 Å². The van der Waals surface area contributed by atoms with Crippen molar-refractivity contribution in [2.75, 3.05) is 13.6 Å². The summed E-state index contributed by atoms with van der Waals surface area (Å²) in [4.78, 5) is 22.1. The van der Waals surface area contributed by atoms with Crippen molar-refractivity contribution in [3.05, 3.63) is 35.9 Å². The minimum Gasteiger partial charge on any atom is -0.477 e. The van der Waals surface area contributed by atoms with Gasteiger partial charge in [0.05, 0.1) is 6.54 Å². The van der Waals surface area contributed by atoms with Crippen molar-refractivity contribution in [3.8, 4) is 0 Å². The number of aliphatic carboxylic acids is 1. The zero-order valence-corrected chi connectivity index (χ0v) is 10.2. The van der Waals surface area contributed by atoms with Crippen LogP contribution in [0.3, 0.4) is 0 Å². The molecule has 0 heterocycles. The molecule has 1 aromatic carbocycles. The zero-order chi connectivity index (χ0) is 14.5. The van der Waals surface area contributed by atoms with Crippen LogP contribution in [0.4, 0.5) is 13.6 Å². The number of ether oxygens (including phenoxy) is 1. The highest BCUT2D eigenvalue weighted by atomic mass is 19.3. The lowest BCUT2D eigenvalue weighted by atomic mass is 10.2. The van der Waals surface area contributed by atoms with Crippen molar-refractivity contribution in [1.29, 1.82) is 0 Å². The number of benzene rings is 1. The molecule has 0 aliphatic carbocycles. The van der Waals surface area contributed by atoms with Gasteiger partial charge in [0.25, 0.3) is 0 Å². The first kappa shape index (κ1) is 14.9. The third-order valence-electron chi connectivity index (χ3n) is 2.27. The van der Waals surface area contributed by atoms with E-state index >= 15 is 0 Å². The van der Waals surface area contributed by atoms with E-state index in [1.807, 2.05) is 0 Å². The predicted molar refractivity (Wildman–Crippen MR) is 61.8 cm³/mol. The molecular weight excluding hydrogens is 260 g/mol. The van der Waals surface area contributed by atoms with Gasteiger partial charge in [0.15, 0.2) is 0 Å². The number of rotatable bonds is 5. The second-order valence-corrected chi connectivity index (χ2v) is 3.91. The first-order chi connectivity index (χ1) is 8.83. The normalized spacial score (nSPS) is 10.9. The van der Waals surface area contributed by atoms with E-state index in [-0.39, 0.29) is 6.61 Å². The van der Waals surface area contributed by atoms with Gasteiger partial charge in [0.1, 0.15) is 6.61 Å². The van der Waals surface area contributed by atoms with Crippen LogP contribution < -0.4 is 0 Å². The number of halogens is 2. The van der Waals surface area contributed by atoms with E-state index < -0.39 is 24.5 Å². The molecule has 1 rings (SSSR count). The van der Waals surface area contributed by atoms with Gasteiger partial charge in [-0.1, -0.05) is 30.3 Å². The summed E-state index contributed by atoms with van der Waals surface area (Å²) >= 11 is 0. The number of carboxylic acid groups (broad SMARTS) is 1. The predicted octanol–water partition coefficient (Wildman–Crippen LogP) is 1.97. The number of carbonyl (C=O) groups excluding carboxylic acids is 1. The number of alkyl halides is 2. The van der Waals surface area contributed by atoms with Crippen LogP contribution in [0, 0.1) is 0 Å². The Morgan fingerprint density at radius 2 is 1.89 bits per heavy atom. The van der Waals surface area contributed by atoms with E-state index in [4.69, 9.17) is 9.84 Å². The Morgan fingerprint density at radius 1 is 1.32 bits per heavy atom. The largest absolute Gasteiger partial charge is 0.477 e. The molecular formula is C12H13F2NO4. The van der Waals surface area contributed by atoms with E-state index in [0.29, 0.717) is 10.5 Å². The van der Waals surface area contributed by atoms with Crippen molar-refractivity contribution >= 4 is 12.1 Å². The molecule has 1 aromatic rings. The van der Waals surface area contributed by atoms with Crippen LogP contribution in [-0.2, 0) is 16.1 Å². The molecule has 0 aliphatic heterocycles. The van der Waals surface area contributed by atoms with E-state index in [0.717, 1.165) is 7.05 Å². The highest BCUT2D eigenvalue weighted by Gasteiger charge is 2.41. The van der Waals surface area contributed by atoms with Crippen molar-refractivity contribution in [2.45, 2.75) is 12.5 Å². The Labute approximate surface area is 108 Å². The van der Waals surface area contributed by atoms with Gasteiger partial charge in [-0.3, -0.25) is 0 Å². The highest BCUT2D eigenvalue weighted by molar-refractivity contribution is 5.77. The van der Waals surface area contributed by atoms with Gasteiger partial charge >= 0.3 is 18.0 Å². The molecule has 0 atom stereocenters. The maximum Gasteiger partial charge on any atom is 0.410 e. The van der Waals surface area contributed by atoms with Crippen LogP contribution in [0.5, 0.6) is 0 Å². The van der Waals surface area contributed by atoms with Gasteiger partial charge in [-0.15, -0.1) is 0 Å². The molecule has 0 saturated heterocycles. The van der Waals surface area contributed by atoms with E-state index in [9.17, 15) is 18.4 Å². The fourth-order valence-corrected chi connectivity index (χ4v) is 1.26. The van der Waals surface area contributed by atoms with Gasteiger partial charge in [-0.2, -0.15) is 8.78 Å². The SMILES string of the molecule is CN(CC(F)(F)C(=O)O)C(=O)OCc1ccccc1. The standard InChI is InChI=1S/C12H13F2NO4/c1-15(8-12(13,14)10(16)17)11(18)19-7-9-5-3-2-4-6-9/h2-6H,7-8H2,1H3,(H,16,17). The molecule has 0 saturated carbocycles. The molecule has 7 heteroatoms. The summed E-state index contributed by atoms with van der Waals surface area (Å²) in [5, 5.41) is 8.25. The first-order valence-corrected chi connectivity index (χ1v) is 5.36. The lowest BCUT2D eigenvalue weighted by Gasteiger charge is -2.20. The molecule has 0 fully saturated rings. The van der Waals surface area contributed by atoms with Crippen LogP contribution in [0.15, 0.2) is 30.3 Å². The molecule has 0 spiro atoms. The second-order valence-electron chi connectivity index (χ2n) is 3.91. The number of amides is 1. The van der Waals surface area contributed by atoms with Crippen LogP contribution in [0.25, 0.3) is 0 Å². The highest BCUT2D eigenvalue weighted by Crippen LogP contribution is 2.15. The van der Waals surface area contributed by atoms with Crippen LogP contribution >= 0.6 is 0 Å². The summed E-state index contributed by atoms with van der Waals surface area (Å²) in [6, 6.07) is 8.68. The Morgan fingerprint density at radius 3 is 2.42 bits per heavy atom. The third-order valence-corrected chi connectivity index (χ3v) is 2.27. The molecule has 0 bridgehead atoms. The summed E-state index contributed by atoms with van der Waals surface area (Å²) in [6.45, 7) is -1.31. The Balaban J connectivity index is 2.48. The summed E-state index contributed by atoms with van der Waals surface area (Å²) in [5.41, 5.74) is 0.703. The van der Waals surface area contributed by atoms with Gasteiger partial charge in [0.2, 0.25) is 0 Å². The smallest absolute Gasteiger partial charge is 0.410 e. The number of hydrogen-bond acceptors (Lipinski definition) is 3. The summed E-state index contributed by atoms with van der Waals surface area (Å²) < 4.78 is 30.5. The van der Waals surface area contributed by atoms with Gasteiger partial charge in [-0.25, -0.2) is 9.59 Å². The molecule has 5 nitrogen and oxygen atoms in total. The summed E-state index contributed by atoms with van der Waals surface area (Å²) in [6.07, 6.45) is -1.01. The van der Waals surface area contributed by atoms with E-state index in [1.165, 1.54) is 0 Å². The molecule has 1 N–H and O–H groups in total. The van der Waals surface area contributed by atoms with Gasteiger partial charge in [-0.05, 0) is 5.56 Å². The topological polar surface area (TPSA) is 66.8 Å². The fourth-order valence-electron chi connectivity index (χ4n) is 1.26. The average Bonchev–Trinajstić information content (AvgIpc) is 2.36. The number of carboxylic acids is 1. The Kier molecular flexibility index (Phi) is 4.80. The van der Waals surface area contributed by atoms with Crippen molar-refractivity contribution < 1.29 is 28.2 Å². The number of carbonyl (C=O) groups is 2. The number of nitrogens with zero attached hydrogens (tertiary/aromatic N) is 1. The third kappa shape index (κ3) is 4.53. The van der Waals surface area contributed by atoms with Crippen molar-refractivity contribution in [1.82, 2.24) is 4.90 Å². The van der Waals surface area contributed by atoms with E-state index in [1.54, 1.807) is 30.3 Å². The quantitative estimate of drug-likeness (QED) is 0.890. The lowest BCUT2D eigenvalue weighted by molar-refractivity contribution is -0.166. The minimum absolute atomic E-state index is 0.0668. The molecule has 104 valence electrons. The van der Waals surface area contributed by atoms with Gasteiger partial charge < -0.3 is 14.7 Å². The van der Waals surface area contributed by atoms with E-state index in [2.05, 4.69) is 0 Å². The van der Waals surface area contributed by atoms with Crippen molar-refractivity contribution in [2.24, 2.45) is 0 Å². The first-order valence-electron chi connectivity index (χ1n) is 5.36. The monoisotopic (exact) mass is 273 g/mol. The maximum atomic E-state index is 12.9. The maximum absolute atomic E-state index is 12.9. The lowest BCUT2D eigenvalue weighted by Crippen LogP contribution is -2.43. The molecule has 0 radical (unpaired) electrons. The average molecular weight is 273 g/mol. The molecule has 1 amide bonds. The van der Waals surface area contributed by atoms with Crippen LogP contribution in [0.2, 0.25) is 0 Å². The molecule has 0 aromatic heterocycles. The molecule has 19 heavy (non-hydrogen) atoms. The fraction of sp³-hybridized carbons (Fsp3) is 0.333. The zero-order valence-electron chi connectivity index (χ0n) is 10.2. The Hall–Kier alpha value is -2.18. The number of hydrogen-bond donors (Lipinski definition) is 1. The Bertz CT molecular complexity index is 450. The molecule has 0 aliphatic rings. The van der Waals surface area contributed by atoms with Crippen LogP contribution in [-0.4, -0.2) is 41.6 Å². The summed E-state index contributed by atoms with van der Waals surface area (Å²) in [5.74, 6) is -6.28. The van der Waals surface area contributed by atoms with Gasteiger partial charge in [0, 0.05) is 7.05 Å². The van der Waals surface area contributed by atoms with Crippen LogP contribution in [0.1, 0.15) is 5.56 Å². The second kappa shape index (κ2) is 6.12. The molecule has 0 unspecified atom stereocenters. The minimum atomic E-state index is -4.00. The summed E-state index contributed by atoms with van der Waals surface area (Å²) in [7, 11) is 1.05.